The lowest BCUT2D eigenvalue weighted by atomic mass is 9.98. The molecular formula is C20H20N4O3S2. The van der Waals surface area contributed by atoms with Crippen LogP contribution in [0.5, 0.6) is 0 Å². The first kappa shape index (κ1) is 19.5. The topological polar surface area (TPSA) is 92.3 Å². The van der Waals surface area contributed by atoms with Crippen LogP contribution >= 0.6 is 11.3 Å². The number of carbonyl (C=O) groups excluding carboxylic acids is 1. The van der Waals surface area contributed by atoms with E-state index in [-0.39, 0.29) is 16.7 Å². The molecule has 9 heteroatoms. The predicted octanol–water partition coefficient (Wildman–Crippen LogP) is 3.36. The molecule has 1 atom stereocenters. The molecule has 2 aromatic heterocycles. The average Bonchev–Trinajstić information content (AvgIpc) is 3.29. The summed E-state index contributed by atoms with van der Waals surface area (Å²) in [6.07, 6.45) is 6.77. The van der Waals surface area contributed by atoms with E-state index in [1.54, 1.807) is 41.8 Å². The van der Waals surface area contributed by atoms with E-state index in [2.05, 4.69) is 14.7 Å². The van der Waals surface area contributed by atoms with E-state index in [0.717, 1.165) is 17.8 Å². The number of amides is 1. The molecule has 1 unspecified atom stereocenters. The summed E-state index contributed by atoms with van der Waals surface area (Å²) in [5.41, 5.74) is 0.911. The average molecular weight is 429 g/mol. The molecule has 29 heavy (non-hydrogen) atoms. The number of hydrogen-bond acceptors (Lipinski definition) is 6. The number of nitrogens with one attached hydrogen (secondary N) is 1. The lowest BCUT2D eigenvalue weighted by Gasteiger charge is -2.32. The molecule has 7 nitrogen and oxygen atoms in total. The molecule has 1 saturated heterocycles. The molecule has 150 valence electrons. The van der Waals surface area contributed by atoms with Gasteiger partial charge in [0.15, 0.2) is 0 Å². The van der Waals surface area contributed by atoms with Gasteiger partial charge in [-0.05, 0) is 49.2 Å². The molecule has 1 aromatic carbocycles. The minimum Gasteiger partial charge on any atom is -0.338 e. The molecule has 1 aliphatic heterocycles. The first-order valence-electron chi connectivity index (χ1n) is 9.24. The molecule has 4 rings (SSSR count). The summed E-state index contributed by atoms with van der Waals surface area (Å²) in [5, 5.41) is 3.01. The highest BCUT2D eigenvalue weighted by Gasteiger charge is 2.27. The number of pyridine rings is 1. The summed E-state index contributed by atoms with van der Waals surface area (Å²) < 4.78 is 27.6. The van der Waals surface area contributed by atoms with Crippen LogP contribution in [0.25, 0.3) is 0 Å². The third-order valence-electron chi connectivity index (χ3n) is 4.85. The molecule has 3 aromatic rings. The number of aromatic nitrogens is 2. The molecule has 0 bridgehead atoms. The van der Waals surface area contributed by atoms with Crippen LogP contribution in [-0.2, 0) is 10.0 Å². The second kappa shape index (κ2) is 8.30. The maximum Gasteiger partial charge on any atom is 0.261 e. The lowest BCUT2D eigenvalue weighted by Crippen LogP contribution is -2.39. The molecule has 0 aliphatic carbocycles. The SMILES string of the molecule is O=C(c1ccc(S(=O)(=O)Nc2ccncc2)cc1)N1CCCC(c2nccs2)C1. The highest BCUT2D eigenvalue weighted by molar-refractivity contribution is 7.92. The molecule has 1 N–H and O–H groups in total. The van der Waals surface area contributed by atoms with Crippen LogP contribution in [0, 0.1) is 0 Å². The van der Waals surface area contributed by atoms with Crippen LogP contribution in [0.3, 0.4) is 0 Å². The van der Waals surface area contributed by atoms with Gasteiger partial charge in [0.2, 0.25) is 0 Å². The van der Waals surface area contributed by atoms with Gasteiger partial charge in [-0.15, -0.1) is 11.3 Å². The number of carbonyl (C=O) groups is 1. The van der Waals surface area contributed by atoms with Crippen molar-refractivity contribution in [3.63, 3.8) is 0 Å². The maximum atomic E-state index is 12.9. The number of piperidine rings is 1. The van der Waals surface area contributed by atoms with E-state index in [4.69, 9.17) is 0 Å². The van der Waals surface area contributed by atoms with Crippen LogP contribution < -0.4 is 4.72 Å². The van der Waals surface area contributed by atoms with Crippen LogP contribution in [0.15, 0.2) is 65.3 Å². The first-order chi connectivity index (χ1) is 14.0. The van der Waals surface area contributed by atoms with Gasteiger partial charge in [-0.1, -0.05) is 0 Å². The normalized spacial score (nSPS) is 17.1. The number of anilines is 1. The van der Waals surface area contributed by atoms with Crippen LogP contribution in [0.4, 0.5) is 5.69 Å². The van der Waals surface area contributed by atoms with Gasteiger partial charge in [-0.2, -0.15) is 0 Å². The van der Waals surface area contributed by atoms with Gasteiger partial charge in [0.05, 0.1) is 15.6 Å². The lowest BCUT2D eigenvalue weighted by molar-refractivity contribution is 0.0707. The van der Waals surface area contributed by atoms with Crippen LogP contribution in [-0.4, -0.2) is 42.3 Å². The maximum absolute atomic E-state index is 12.9. The summed E-state index contributed by atoms with van der Waals surface area (Å²) in [6, 6.07) is 9.19. The monoisotopic (exact) mass is 428 g/mol. The predicted molar refractivity (Wildman–Crippen MR) is 111 cm³/mol. The van der Waals surface area contributed by atoms with Gasteiger partial charge in [-0.3, -0.25) is 14.5 Å². The Bertz CT molecular complexity index is 1070. The summed E-state index contributed by atoms with van der Waals surface area (Å²) >= 11 is 1.62. The fourth-order valence-electron chi connectivity index (χ4n) is 3.39. The van der Waals surface area contributed by atoms with Crippen LogP contribution in [0.1, 0.15) is 34.1 Å². The molecule has 0 radical (unpaired) electrons. The zero-order valence-electron chi connectivity index (χ0n) is 15.6. The Morgan fingerprint density at radius 3 is 2.55 bits per heavy atom. The van der Waals surface area contributed by atoms with Gasteiger partial charge < -0.3 is 4.90 Å². The summed E-state index contributed by atoms with van der Waals surface area (Å²) in [5.74, 6) is 0.175. The fourth-order valence-corrected chi connectivity index (χ4v) is 5.22. The zero-order chi connectivity index (χ0) is 20.3. The Hall–Kier alpha value is -2.78. The van der Waals surface area contributed by atoms with E-state index < -0.39 is 10.0 Å². The van der Waals surface area contributed by atoms with Crippen molar-refractivity contribution in [2.24, 2.45) is 0 Å². The third kappa shape index (κ3) is 4.46. The summed E-state index contributed by atoms with van der Waals surface area (Å²) in [4.78, 5) is 23.1. The molecule has 1 fully saturated rings. The highest BCUT2D eigenvalue weighted by Crippen LogP contribution is 2.29. The van der Waals surface area contributed by atoms with Gasteiger partial charge in [0, 0.05) is 48.5 Å². The van der Waals surface area contributed by atoms with Crippen molar-refractivity contribution in [3.05, 3.63) is 70.9 Å². The van der Waals surface area contributed by atoms with E-state index in [1.165, 1.54) is 24.5 Å². The van der Waals surface area contributed by atoms with Gasteiger partial charge in [0.25, 0.3) is 15.9 Å². The number of sulfonamides is 1. The van der Waals surface area contributed by atoms with Crippen LogP contribution in [0.2, 0.25) is 0 Å². The molecule has 0 spiro atoms. The fraction of sp³-hybridized carbons (Fsp3) is 0.250. The molecule has 3 heterocycles. The Kier molecular flexibility index (Phi) is 5.59. The zero-order valence-corrected chi connectivity index (χ0v) is 17.2. The van der Waals surface area contributed by atoms with E-state index in [9.17, 15) is 13.2 Å². The minimum absolute atomic E-state index is 0.0858. The van der Waals surface area contributed by atoms with Crippen molar-refractivity contribution in [1.82, 2.24) is 14.9 Å². The Balaban J connectivity index is 1.46. The quantitative estimate of drug-likeness (QED) is 0.673. The van der Waals surface area contributed by atoms with Crippen molar-refractivity contribution < 1.29 is 13.2 Å². The van der Waals surface area contributed by atoms with Crippen molar-refractivity contribution in [1.29, 1.82) is 0 Å². The van der Waals surface area contributed by atoms with Crippen molar-refractivity contribution in [2.75, 3.05) is 17.8 Å². The minimum atomic E-state index is -3.73. The largest absolute Gasteiger partial charge is 0.338 e. The van der Waals surface area contributed by atoms with Gasteiger partial charge >= 0.3 is 0 Å². The third-order valence-corrected chi connectivity index (χ3v) is 7.19. The molecule has 1 aliphatic rings. The Morgan fingerprint density at radius 1 is 1.10 bits per heavy atom. The molecular weight excluding hydrogens is 408 g/mol. The van der Waals surface area contributed by atoms with Gasteiger partial charge in [-0.25, -0.2) is 13.4 Å². The highest BCUT2D eigenvalue weighted by atomic mass is 32.2. The van der Waals surface area contributed by atoms with Crippen molar-refractivity contribution >= 4 is 33.0 Å². The Labute approximate surface area is 173 Å². The van der Waals surface area contributed by atoms with E-state index in [1.807, 2.05) is 10.3 Å². The number of likely N-dealkylation sites (tertiary alicyclic amines) is 1. The summed E-state index contributed by atoms with van der Waals surface area (Å²) in [6.45, 7) is 1.33. The smallest absolute Gasteiger partial charge is 0.261 e. The second-order valence-electron chi connectivity index (χ2n) is 6.83. The standard InChI is InChI=1S/C20H20N4O3S2/c25-20(24-12-1-2-16(14-24)19-22-11-13-28-19)15-3-5-18(6-4-15)29(26,27)23-17-7-9-21-10-8-17/h3-11,13,16H,1-2,12,14H2,(H,21,23). The second-order valence-corrected chi connectivity index (χ2v) is 9.43. The number of benzene rings is 1. The van der Waals surface area contributed by atoms with Gasteiger partial charge in [0.1, 0.15) is 0 Å². The molecule has 0 saturated carbocycles. The first-order valence-corrected chi connectivity index (χ1v) is 11.6. The number of thiazole rings is 1. The summed E-state index contributed by atoms with van der Waals surface area (Å²) in [7, 11) is -3.73. The van der Waals surface area contributed by atoms with Crippen molar-refractivity contribution in [3.8, 4) is 0 Å². The molecule has 1 amide bonds. The number of rotatable bonds is 5. The van der Waals surface area contributed by atoms with E-state index in [0.29, 0.717) is 24.3 Å². The Morgan fingerprint density at radius 2 is 1.86 bits per heavy atom. The van der Waals surface area contributed by atoms with E-state index >= 15 is 0 Å². The number of nitrogens with zero attached hydrogens (tertiary/aromatic N) is 3. The number of hydrogen-bond donors (Lipinski definition) is 1. The van der Waals surface area contributed by atoms with Crippen molar-refractivity contribution in [2.45, 2.75) is 23.7 Å².